The van der Waals surface area contributed by atoms with Crippen LogP contribution in [0.1, 0.15) is 83.5 Å². The average Bonchev–Trinajstić information content (AvgIpc) is 3.06. The summed E-state index contributed by atoms with van der Waals surface area (Å²) in [6, 6.07) is -0.339. The van der Waals surface area contributed by atoms with E-state index in [2.05, 4.69) is 5.32 Å². The maximum atomic E-state index is 13.7. The SMILES string of the molecule is O=C(NCCC(=O)N1CCCCCC1)C1CCCN1C(=O)C12CC3CC(CC(C3)C1)C2. The third-order valence-electron chi connectivity index (χ3n) is 8.91. The molecule has 0 aromatic rings. The van der Waals surface area contributed by atoms with Crippen LogP contribution in [0, 0.1) is 23.2 Å². The topological polar surface area (TPSA) is 69.7 Å². The van der Waals surface area contributed by atoms with E-state index in [0.29, 0.717) is 19.5 Å². The van der Waals surface area contributed by atoms with Crippen molar-refractivity contribution in [1.29, 1.82) is 0 Å². The number of nitrogens with zero attached hydrogens (tertiary/aromatic N) is 2. The fourth-order valence-corrected chi connectivity index (χ4v) is 7.85. The number of carbonyl (C=O) groups excluding carboxylic acids is 3. The minimum absolute atomic E-state index is 0.0563. The second-order valence-corrected chi connectivity index (χ2v) is 11.2. The van der Waals surface area contributed by atoms with Crippen LogP contribution in [0.5, 0.6) is 0 Å². The van der Waals surface area contributed by atoms with E-state index in [1.54, 1.807) is 0 Å². The molecule has 2 aliphatic heterocycles. The van der Waals surface area contributed by atoms with Gasteiger partial charge in [-0.1, -0.05) is 12.8 Å². The number of nitrogens with one attached hydrogen (secondary N) is 1. The first-order valence-corrected chi connectivity index (χ1v) is 12.9. The second-order valence-electron chi connectivity index (χ2n) is 11.2. The molecule has 6 heteroatoms. The van der Waals surface area contributed by atoms with Gasteiger partial charge in [-0.25, -0.2) is 0 Å². The van der Waals surface area contributed by atoms with Crippen molar-refractivity contribution in [2.24, 2.45) is 23.2 Å². The van der Waals surface area contributed by atoms with Crippen LogP contribution in [-0.2, 0) is 14.4 Å². The van der Waals surface area contributed by atoms with E-state index in [9.17, 15) is 14.4 Å². The van der Waals surface area contributed by atoms with E-state index in [0.717, 1.165) is 75.8 Å². The number of rotatable bonds is 5. The Morgan fingerprint density at radius 3 is 2.03 bits per heavy atom. The van der Waals surface area contributed by atoms with Crippen LogP contribution < -0.4 is 5.32 Å². The van der Waals surface area contributed by atoms with Gasteiger partial charge in [0.1, 0.15) is 6.04 Å². The van der Waals surface area contributed by atoms with Crippen molar-refractivity contribution in [3.05, 3.63) is 0 Å². The summed E-state index contributed by atoms with van der Waals surface area (Å²) in [6.45, 7) is 2.79. The second kappa shape index (κ2) is 8.74. The lowest BCUT2D eigenvalue weighted by molar-refractivity contribution is -0.160. The highest BCUT2D eigenvalue weighted by Gasteiger charge is 2.56. The molecule has 1 atom stereocenters. The molecule has 2 heterocycles. The summed E-state index contributed by atoms with van der Waals surface area (Å²) in [5.41, 5.74) is -0.180. The monoisotopic (exact) mass is 429 g/mol. The van der Waals surface area contributed by atoms with Crippen molar-refractivity contribution in [2.45, 2.75) is 89.5 Å². The van der Waals surface area contributed by atoms with E-state index in [1.807, 2.05) is 9.80 Å². The van der Waals surface area contributed by atoms with Gasteiger partial charge < -0.3 is 15.1 Å². The van der Waals surface area contributed by atoms with Crippen molar-refractivity contribution in [3.8, 4) is 0 Å². The van der Waals surface area contributed by atoms with Crippen LogP contribution in [0.25, 0.3) is 0 Å². The zero-order valence-corrected chi connectivity index (χ0v) is 18.9. The van der Waals surface area contributed by atoms with Gasteiger partial charge in [0, 0.05) is 32.6 Å². The summed E-state index contributed by atoms with van der Waals surface area (Å²) in [5.74, 6) is 2.56. The van der Waals surface area contributed by atoms with Gasteiger partial charge in [-0.05, 0) is 82.0 Å². The van der Waals surface area contributed by atoms with E-state index in [1.165, 1.54) is 32.1 Å². The summed E-state index contributed by atoms with van der Waals surface area (Å²) >= 11 is 0. The minimum Gasteiger partial charge on any atom is -0.354 e. The van der Waals surface area contributed by atoms with Gasteiger partial charge in [0.25, 0.3) is 0 Å². The molecule has 6 rings (SSSR count). The Bertz CT molecular complexity index is 678. The fraction of sp³-hybridized carbons (Fsp3) is 0.880. The van der Waals surface area contributed by atoms with Crippen molar-refractivity contribution in [2.75, 3.05) is 26.2 Å². The molecule has 6 nitrogen and oxygen atoms in total. The lowest BCUT2D eigenvalue weighted by atomic mass is 9.49. The van der Waals surface area contributed by atoms with E-state index < -0.39 is 0 Å². The summed E-state index contributed by atoms with van der Waals surface area (Å²) in [7, 11) is 0. The number of hydrogen-bond acceptors (Lipinski definition) is 3. The van der Waals surface area contributed by atoms with Gasteiger partial charge in [0.15, 0.2) is 0 Å². The standard InChI is InChI=1S/C25H39N3O3/c29-22(27-9-3-1-2-4-10-27)7-8-26-23(30)21-6-5-11-28(21)24(31)25-15-18-12-19(16-25)14-20(13-18)17-25/h18-21H,1-17H2,(H,26,30). The molecule has 1 N–H and O–H groups in total. The molecule has 0 radical (unpaired) electrons. The first-order chi connectivity index (χ1) is 15.0. The third kappa shape index (κ3) is 4.23. The molecule has 0 aromatic heterocycles. The van der Waals surface area contributed by atoms with Gasteiger partial charge in [-0.2, -0.15) is 0 Å². The van der Waals surface area contributed by atoms with Crippen LogP contribution in [0.2, 0.25) is 0 Å². The van der Waals surface area contributed by atoms with Crippen molar-refractivity contribution >= 4 is 17.7 Å². The predicted octanol–water partition coefficient (Wildman–Crippen LogP) is 3.10. The molecule has 4 bridgehead atoms. The Labute approximate surface area is 186 Å². The van der Waals surface area contributed by atoms with Crippen LogP contribution in [0.3, 0.4) is 0 Å². The quantitative estimate of drug-likeness (QED) is 0.730. The van der Waals surface area contributed by atoms with Gasteiger partial charge in [0.2, 0.25) is 17.7 Å². The smallest absolute Gasteiger partial charge is 0.242 e. The van der Waals surface area contributed by atoms with Crippen LogP contribution in [0.15, 0.2) is 0 Å². The molecule has 6 fully saturated rings. The number of carbonyl (C=O) groups is 3. The van der Waals surface area contributed by atoms with Crippen LogP contribution >= 0.6 is 0 Å². The molecule has 0 aromatic carbocycles. The summed E-state index contributed by atoms with van der Waals surface area (Å²) in [4.78, 5) is 43.1. The zero-order valence-electron chi connectivity index (χ0n) is 18.9. The zero-order chi connectivity index (χ0) is 21.4. The highest BCUT2D eigenvalue weighted by Crippen LogP contribution is 2.60. The number of hydrogen-bond donors (Lipinski definition) is 1. The lowest BCUT2D eigenvalue weighted by Gasteiger charge is -2.56. The Hall–Kier alpha value is -1.59. The summed E-state index contributed by atoms with van der Waals surface area (Å²) < 4.78 is 0. The summed E-state index contributed by atoms with van der Waals surface area (Å²) in [5, 5.41) is 2.99. The van der Waals surface area contributed by atoms with Gasteiger partial charge in [-0.3, -0.25) is 14.4 Å². The van der Waals surface area contributed by atoms with Gasteiger partial charge >= 0.3 is 0 Å². The van der Waals surface area contributed by atoms with Crippen molar-refractivity contribution in [3.63, 3.8) is 0 Å². The lowest BCUT2D eigenvalue weighted by Crippen LogP contribution is -2.57. The Kier molecular flexibility index (Phi) is 6.00. The maximum absolute atomic E-state index is 13.7. The summed E-state index contributed by atoms with van der Waals surface area (Å²) in [6.07, 6.45) is 13.7. The highest BCUT2D eigenvalue weighted by atomic mass is 16.2. The maximum Gasteiger partial charge on any atom is 0.242 e. The minimum atomic E-state index is -0.339. The average molecular weight is 430 g/mol. The molecule has 4 saturated carbocycles. The van der Waals surface area contributed by atoms with Crippen LogP contribution in [-0.4, -0.2) is 59.7 Å². The molecular weight excluding hydrogens is 390 g/mol. The largest absolute Gasteiger partial charge is 0.354 e. The molecule has 0 spiro atoms. The normalized spacial score (nSPS) is 37.0. The predicted molar refractivity (Wildman–Crippen MR) is 118 cm³/mol. The van der Waals surface area contributed by atoms with Gasteiger partial charge in [0.05, 0.1) is 5.41 Å². The Morgan fingerprint density at radius 1 is 0.806 bits per heavy atom. The van der Waals surface area contributed by atoms with Crippen LogP contribution in [0.4, 0.5) is 0 Å². The molecule has 172 valence electrons. The molecule has 4 aliphatic carbocycles. The van der Waals surface area contributed by atoms with Crippen molar-refractivity contribution in [1.82, 2.24) is 15.1 Å². The number of likely N-dealkylation sites (tertiary alicyclic amines) is 2. The van der Waals surface area contributed by atoms with Gasteiger partial charge in [-0.15, -0.1) is 0 Å². The molecule has 6 aliphatic rings. The molecular formula is C25H39N3O3. The Morgan fingerprint density at radius 2 is 1.42 bits per heavy atom. The first kappa shape index (κ1) is 21.3. The molecule has 31 heavy (non-hydrogen) atoms. The van der Waals surface area contributed by atoms with E-state index in [4.69, 9.17) is 0 Å². The molecule has 1 unspecified atom stereocenters. The third-order valence-corrected chi connectivity index (χ3v) is 8.91. The molecule has 3 amide bonds. The fourth-order valence-electron chi connectivity index (χ4n) is 7.85. The van der Waals surface area contributed by atoms with Crippen molar-refractivity contribution < 1.29 is 14.4 Å². The first-order valence-electron chi connectivity index (χ1n) is 12.9. The number of amides is 3. The van der Waals surface area contributed by atoms with E-state index in [-0.39, 0.29) is 29.2 Å². The molecule has 2 saturated heterocycles. The van der Waals surface area contributed by atoms with E-state index >= 15 is 0 Å². The Balaban J connectivity index is 1.15. The highest BCUT2D eigenvalue weighted by molar-refractivity contribution is 5.91.